The van der Waals surface area contributed by atoms with Gasteiger partial charge in [-0.1, -0.05) is 19.3 Å². The molecule has 4 amide bonds. The van der Waals surface area contributed by atoms with Crippen LogP contribution in [0.2, 0.25) is 0 Å². The van der Waals surface area contributed by atoms with E-state index in [-0.39, 0.29) is 30.4 Å². The van der Waals surface area contributed by atoms with Crippen LogP contribution in [0.1, 0.15) is 88.9 Å². The van der Waals surface area contributed by atoms with Crippen LogP contribution in [0.4, 0.5) is 11.6 Å². The highest BCUT2D eigenvalue weighted by Gasteiger charge is 2.42. The molecule has 0 spiro atoms. The zero-order valence-corrected chi connectivity index (χ0v) is 27.7. The maximum absolute atomic E-state index is 13.3. The summed E-state index contributed by atoms with van der Waals surface area (Å²) in [5.74, 6) is -0.293. The fourth-order valence-electron chi connectivity index (χ4n) is 7.48. The van der Waals surface area contributed by atoms with Gasteiger partial charge in [-0.25, -0.2) is 9.97 Å². The number of anilines is 2. The topological polar surface area (TPSA) is 148 Å². The summed E-state index contributed by atoms with van der Waals surface area (Å²) in [6.07, 6.45) is 11.9. The molecule has 2 saturated heterocycles. The van der Waals surface area contributed by atoms with Gasteiger partial charge in [-0.05, 0) is 56.2 Å². The van der Waals surface area contributed by atoms with Crippen LogP contribution in [0.25, 0.3) is 0 Å². The van der Waals surface area contributed by atoms with Crippen LogP contribution in [0.5, 0.6) is 0 Å². The predicted molar refractivity (Wildman–Crippen MR) is 180 cm³/mol. The Labute approximate surface area is 281 Å². The molecule has 1 aromatic heterocycles. The Hall–Kier alpha value is -4.39. The van der Waals surface area contributed by atoms with Crippen LogP contribution in [-0.4, -0.2) is 115 Å². The molecule has 0 radical (unpaired) electrons. The largest absolute Gasteiger partial charge is 0.369 e. The van der Waals surface area contributed by atoms with E-state index in [2.05, 4.69) is 35.3 Å². The van der Waals surface area contributed by atoms with Crippen LogP contribution < -0.4 is 20.4 Å². The first kappa shape index (κ1) is 33.5. The van der Waals surface area contributed by atoms with Crippen LogP contribution in [0, 0.1) is 5.92 Å². The summed E-state index contributed by atoms with van der Waals surface area (Å²) < 4.78 is 0. The zero-order valence-electron chi connectivity index (χ0n) is 27.7. The molecule has 2 aromatic rings. The van der Waals surface area contributed by atoms with Gasteiger partial charge in [0.1, 0.15) is 12.3 Å². The average molecular weight is 659 g/mol. The molecule has 48 heavy (non-hydrogen) atoms. The first-order chi connectivity index (χ1) is 23.4. The Kier molecular flexibility index (Phi) is 10.6. The number of likely N-dealkylation sites (N-methyl/N-ethyl adjacent to an activating group) is 1. The minimum absolute atomic E-state index is 0.0733. The van der Waals surface area contributed by atoms with E-state index in [4.69, 9.17) is 0 Å². The van der Waals surface area contributed by atoms with Gasteiger partial charge in [0, 0.05) is 83.4 Å². The molecule has 6 rings (SSSR count). The predicted octanol–water partition coefficient (Wildman–Crippen LogP) is 2.27. The molecule has 4 aliphatic rings. The molecule has 1 unspecified atom stereocenters. The van der Waals surface area contributed by atoms with Crippen LogP contribution in [-0.2, 0) is 9.59 Å². The quantitative estimate of drug-likeness (QED) is 0.272. The molecule has 13 nitrogen and oxygen atoms in total. The third-order valence-electron chi connectivity index (χ3n) is 10.3. The molecule has 3 fully saturated rings. The van der Waals surface area contributed by atoms with Crippen LogP contribution in [0.3, 0.4) is 0 Å². The average Bonchev–Trinajstić information content (AvgIpc) is 3.37. The standard InChI is InChI=1S/C35H46N8O5/c1-36-32(46)30(8-5-19-44)43-33(47)28-10-9-27(20-29(28)34(43)48)41-17-15-40(16-18-41)23-24-11-13-42(14-12-24)35-37-21-25(22-38-35)31(45)39-26-6-3-2-4-7-26/h9-10,19-22,24,26,30H,2-8,11-18,23H2,1H3,(H,36,46)(H,39,45). The number of fused-ring (bicyclic) bond motifs is 1. The van der Waals surface area contributed by atoms with Gasteiger partial charge in [0.25, 0.3) is 17.7 Å². The number of aldehydes is 1. The van der Waals surface area contributed by atoms with Crippen molar-refractivity contribution in [1.82, 2.24) is 30.4 Å². The van der Waals surface area contributed by atoms with Crippen molar-refractivity contribution in [3.05, 3.63) is 47.3 Å². The Morgan fingerprint density at radius 2 is 1.58 bits per heavy atom. The molecule has 0 bridgehead atoms. The van der Waals surface area contributed by atoms with Crippen molar-refractivity contribution in [3.63, 3.8) is 0 Å². The number of carbonyl (C=O) groups excluding carboxylic acids is 5. The van der Waals surface area contributed by atoms with Gasteiger partial charge < -0.3 is 25.2 Å². The van der Waals surface area contributed by atoms with Gasteiger partial charge in [-0.2, -0.15) is 0 Å². The molecular weight excluding hydrogens is 612 g/mol. The van der Waals surface area contributed by atoms with E-state index in [0.29, 0.717) is 29.3 Å². The maximum atomic E-state index is 13.3. The summed E-state index contributed by atoms with van der Waals surface area (Å²) >= 11 is 0. The highest BCUT2D eigenvalue weighted by Crippen LogP contribution is 2.31. The molecule has 2 N–H and O–H groups in total. The van der Waals surface area contributed by atoms with E-state index in [1.165, 1.54) is 26.3 Å². The van der Waals surface area contributed by atoms with Crippen LogP contribution >= 0.6 is 0 Å². The molecule has 1 aromatic carbocycles. The Morgan fingerprint density at radius 1 is 0.896 bits per heavy atom. The van der Waals surface area contributed by atoms with Crippen molar-refractivity contribution >= 4 is 41.6 Å². The normalized spacial score (nSPS) is 20.1. The lowest BCUT2D eigenvalue weighted by molar-refractivity contribution is -0.124. The SMILES string of the molecule is CNC(=O)C(CCC=O)N1C(=O)c2ccc(N3CCN(CC4CCN(c5ncc(C(=O)NC6CCCCC6)cn5)CC4)CC3)cc2C1=O. The van der Waals surface area contributed by atoms with Gasteiger partial charge in [0.2, 0.25) is 11.9 Å². The van der Waals surface area contributed by atoms with Gasteiger partial charge in [-0.15, -0.1) is 0 Å². The lowest BCUT2D eigenvalue weighted by atomic mass is 9.95. The number of hydrogen-bond acceptors (Lipinski definition) is 10. The summed E-state index contributed by atoms with van der Waals surface area (Å²) in [6.45, 7) is 6.19. The van der Waals surface area contributed by atoms with Gasteiger partial charge in [0.15, 0.2) is 0 Å². The van der Waals surface area contributed by atoms with Crippen molar-refractivity contribution in [3.8, 4) is 0 Å². The monoisotopic (exact) mass is 658 g/mol. The summed E-state index contributed by atoms with van der Waals surface area (Å²) in [4.78, 5) is 79.6. The Bertz CT molecular complexity index is 1490. The molecule has 13 heteroatoms. The summed E-state index contributed by atoms with van der Waals surface area (Å²) in [5, 5.41) is 5.64. The van der Waals surface area contributed by atoms with E-state index in [0.717, 1.165) is 82.1 Å². The second-order valence-electron chi connectivity index (χ2n) is 13.4. The molecule has 1 atom stereocenters. The van der Waals surface area contributed by atoms with E-state index < -0.39 is 23.8 Å². The Morgan fingerprint density at radius 3 is 2.25 bits per heavy atom. The third kappa shape index (κ3) is 7.35. The highest BCUT2D eigenvalue weighted by molar-refractivity contribution is 6.23. The van der Waals surface area contributed by atoms with E-state index in [1.807, 2.05) is 6.07 Å². The second-order valence-corrected chi connectivity index (χ2v) is 13.4. The number of benzene rings is 1. The number of carbonyl (C=O) groups is 5. The first-order valence-electron chi connectivity index (χ1n) is 17.4. The number of nitrogens with zero attached hydrogens (tertiary/aromatic N) is 6. The number of amides is 4. The van der Waals surface area contributed by atoms with E-state index in [1.54, 1.807) is 24.5 Å². The van der Waals surface area contributed by atoms with Gasteiger partial charge >= 0.3 is 0 Å². The second kappa shape index (κ2) is 15.2. The molecule has 3 aliphatic heterocycles. The van der Waals surface area contributed by atoms with Crippen molar-refractivity contribution in [2.24, 2.45) is 5.92 Å². The minimum atomic E-state index is -1.02. The fraction of sp³-hybridized carbons (Fsp3) is 0.571. The summed E-state index contributed by atoms with van der Waals surface area (Å²) in [7, 11) is 1.45. The van der Waals surface area contributed by atoms with Crippen molar-refractivity contribution in [1.29, 1.82) is 0 Å². The number of rotatable bonds is 11. The summed E-state index contributed by atoms with van der Waals surface area (Å²) in [5.41, 5.74) is 1.98. The number of aromatic nitrogens is 2. The van der Waals surface area contributed by atoms with Crippen molar-refractivity contribution in [2.75, 3.05) is 62.7 Å². The smallest absolute Gasteiger partial charge is 0.262 e. The van der Waals surface area contributed by atoms with Gasteiger partial charge in [0.05, 0.1) is 16.7 Å². The fourth-order valence-corrected chi connectivity index (χ4v) is 7.48. The van der Waals surface area contributed by atoms with Crippen molar-refractivity contribution in [2.45, 2.75) is 69.9 Å². The molecular formula is C35H46N8O5. The number of piperidine rings is 1. The number of piperazine rings is 1. The van der Waals surface area contributed by atoms with Gasteiger partial charge in [-0.3, -0.25) is 29.0 Å². The maximum Gasteiger partial charge on any atom is 0.262 e. The first-order valence-corrected chi connectivity index (χ1v) is 17.4. The molecule has 1 aliphatic carbocycles. The minimum Gasteiger partial charge on any atom is -0.369 e. The highest BCUT2D eigenvalue weighted by atomic mass is 16.2. The molecule has 4 heterocycles. The zero-order chi connectivity index (χ0) is 33.6. The summed E-state index contributed by atoms with van der Waals surface area (Å²) in [6, 6.07) is 4.54. The Balaban J connectivity index is 0.967. The lowest BCUT2D eigenvalue weighted by Crippen LogP contribution is -2.49. The number of imide groups is 1. The molecule has 1 saturated carbocycles. The lowest BCUT2D eigenvalue weighted by Gasteiger charge is -2.39. The molecule has 256 valence electrons. The number of hydrogen-bond donors (Lipinski definition) is 2. The van der Waals surface area contributed by atoms with Crippen LogP contribution in [0.15, 0.2) is 30.6 Å². The van der Waals surface area contributed by atoms with E-state index in [9.17, 15) is 24.0 Å². The number of nitrogens with one attached hydrogen (secondary N) is 2. The van der Waals surface area contributed by atoms with E-state index >= 15 is 0 Å². The third-order valence-corrected chi connectivity index (χ3v) is 10.3. The van der Waals surface area contributed by atoms with Crippen molar-refractivity contribution < 1.29 is 24.0 Å².